The van der Waals surface area contributed by atoms with Crippen LogP contribution in [0.4, 0.5) is 0 Å². The van der Waals surface area contributed by atoms with Gasteiger partial charge in [-0.15, -0.1) is 0 Å². The Hall–Kier alpha value is -1.85. The molecule has 0 N–H and O–H groups in total. The number of rotatable bonds is 3. The third-order valence-corrected chi connectivity index (χ3v) is 3.29. The first-order valence-corrected chi connectivity index (χ1v) is 7.26. The summed E-state index contributed by atoms with van der Waals surface area (Å²) in [4.78, 5) is 29.1. The van der Waals surface area contributed by atoms with E-state index in [-0.39, 0.29) is 16.7 Å². The molecule has 0 fully saturated rings. The molecule has 0 amide bonds. The van der Waals surface area contributed by atoms with E-state index in [1.54, 1.807) is 10.9 Å². The lowest BCUT2D eigenvalue weighted by Gasteiger charge is -2.19. The molecule has 2 aromatic heterocycles. The molecule has 0 spiro atoms. The van der Waals surface area contributed by atoms with Gasteiger partial charge in [0.15, 0.2) is 11.2 Å². The molecule has 0 bridgehead atoms. The first-order valence-electron chi connectivity index (χ1n) is 7.26. The van der Waals surface area contributed by atoms with E-state index in [0.29, 0.717) is 30.2 Å². The third-order valence-electron chi connectivity index (χ3n) is 3.29. The van der Waals surface area contributed by atoms with Gasteiger partial charge in [-0.1, -0.05) is 34.6 Å². The normalized spacial score (nSPS) is 12.5. The van der Waals surface area contributed by atoms with E-state index >= 15 is 0 Å². The molecule has 0 aromatic carbocycles. The highest BCUT2D eigenvalue weighted by Crippen LogP contribution is 2.19. The second-order valence-electron chi connectivity index (χ2n) is 7.26. The zero-order valence-corrected chi connectivity index (χ0v) is 13.7. The molecule has 6 nitrogen and oxygen atoms in total. The molecule has 0 aliphatic heterocycles. The summed E-state index contributed by atoms with van der Waals surface area (Å²) in [5, 5.41) is 0. The van der Waals surface area contributed by atoms with Gasteiger partial charge in [0.25, 0.3) is 5.56 Å². The van der Waals surface area contributed by atoms with E-state index in [2.05, 4.69) is 25.8 Å². The topological polar surface area (TPSA) is 61.8 Å². The van der Waals surface area contributed by atoms with Crippen molar-refractivity contribution in [1.29, 1.82) is 0 Å². The average molecular weight is 292 g/mol. The van der Waals surface area contributed by atoms with Crippen molar-refractivity contribution in [3.8, 4) is 0 Å². The maximum Gasteiger partial charge on any atom is 0.332 e. The summed E-state index contributed by atoms with van der Waals surface area (Å²) in [6.45, 7) is 11.6. The lowest BCUT2D eigenvalue weighted by molar-refractivity contribution is 0.348. The lowest BCUT2D eigenvalue weighted by atomic mass is 9.97. The van der Waals surface area contributed by atoms with Gasteiger partial charge in [-0.25, -0.2) is 9.78 Å². The van der Waals surface area contributed by atoms with Crippen molar-refractivity contribution in [2.24, 2.45) is 18.4 Å². The van der Waals surface area contributed by atoms with Crippen LogP contribution < -0.4 is 11.2 Å². The van der Waals surface area contributed by atoms with E-state index in [4.69, 9.17) is 0 Å². The summed E-state index contributed by atoms with van der Waals surface area (Å²) < 4.78 is 4.63. The SMILES string of the molecule is CC(C)Cn1c(=O)n(C)c(=O)c2c1ncn2CC(C)(C)C. The van der Waals surface area contributed by atoms with Crippen molar-refractivity contribution in [1.82, 2.24) is 18.7 Å². The van der Waals surface area contributed by atoms with Crippen LogP contribution in [0, 0.1) is 11.3 Å². The maximum absolute atomic E-state index is 12.4. The Morgan fingerprint density at radius 1 is 1.24 bits per heavy atom. The largest absolute Gasteiger partial charge is 0.332 e. The fourth-order valence-electron chi connectivity index (χ4n) is 2.47. The van der Waals surface area contributed by atoms with E-state index in [1.807, 2.05) is 18.4 Å². The minimum Gasteiger partial charge on any atom is -0.324 e. The summed E-state index contributed by atoms with van der Waals surface area (Å²) in [6.07, 6.45) is 1.66. The van der Waals surface area contributed by atoms with Crippen LogP contribution in [0.25, 0.3) is 11.2 Å². The molecule has 6 heteroatoms. The molecule has 116 valence electrons. The Morgan fingerprint density at radius 2 is 1.86 bits per heavy atom. The van der Waals surface area contributed by atoms with E-state index in [9.17, 15) is 9.59 Å². The van der Waals surface area contributed by atoms with Gasteiger partial charge in [-0.3, -0.25) is 13.9 Å². The van der Waals surface area contributed by atoms with Crippen molar-refractivity contribution in [3.63, 3.8) is 0 Å². The maximum atomic E-state index is 12.4. The summed E-state index contributed by atoms with van der Waals surface area (Å²) in [6, 6.07) is 0. The molecular formula is C15H24N4O2. The lowest BCUT2D eigenvalue weighted by Crippen LogP contribution is -2.39. The van der Waals surface area contributed by atoms with Gasteiger partial charge in [0.05, 0.1) is 6.33 Å². The Kier molecular flexibility index (Phi) is 3.82. The molecule has 2 rings (SSSR count). The van der Waals surface area contributed by atoms with Crippen molar-refractivity contribution in [2.45, 2.75) is 47.7 Å². The van der Waals surface area contributed by atoms with Gasteiger partial charge in [0.2, 0.25) is 0 Å². The predicted octanol–water partition coefficient (Wildman–Crippen LogP) is 1.60. The molecule has 0 saturated heterocycles. The van der Waals surface area contributed by atoms with Crippen LogP contribution in [-0.2, 0) is 20.1 Å². The van der Waals surface area contributed by atoms with Crippen molar-refractivity contribution >= 4 is 11.2 Å². The Bertz CT molecular complexity index is 772. The summed E-state index contributed by atoms with van der Waals surface area (Å²) >= 11 is 0. The quantitative estimate of drug-likeness (QED) is 0.863. The fraction of sp³-hybridized carbons (Fsp3) is 0.667. The summed E-state index contributed by atoms with van der Waals surface area (Å²) in [7, 11) is 1.52. The number of hydrogen-bond acceptors (Lipinski definition) is 3. The van der Waals surface area contributed by atoms with Crippen LogP contribution in [0.2, 0.25) is 0 Å². The average Bonchev–Trinajstić information content (AvgIpc) is 2.73. The first kappa shape index (κ1) is 15.5. The molecule has 21 heavy (non-hydrogen) atoms. The van der Waals surface area contributed by atoms with Gasteiger partial charge < -0.3 is 4.57 Å². The third kappa shape index (κ3) is 2.94. The predicted molar refractivity (Wildman–Crippen MR) is 83.5 cm³/mol. The Balaban J connectivity index is 2.77. The molecule has 2 heterocycles. The second-order valence-corrected chi connectivity index (χ2v) is 7.26. The molecule has 0 radical (unpaired) electrons. The number of nitrogens with zero attached hydrogens (tertiary/aromatic N) is 4. The second kappa shape index (κ2) is 5.16. The first-order chi connectivity index (χ1) is 9.61. The molecule has 0 unspecified atom stereocenters. The van der Waals surface area contributed by atoms with Gasteiger partial charge >= 0.3 is 5.69 Å². The van der Waals surface area contributed by atoms with E-state index in [1.165, 1.54) is 11.6 Å². The Labute approximate surface area is 124 Å². The molecule has 0 aliphatic carbocycles. The standard InChI is InChI=1S/C15H24N4O2/c1-10(2)7-19-12-11(13(20)17(6)14(19)21)18(9-16-12)8-15(3,4)5/h9-10H,7-8H2,1-6H3. The minimum absolute atomic E-state index is 0.0255. The van der Waals surface area contributed by atoms with Crippen LogP contribution in [0.1, 0.15) is 34.6 Å². The smallest absolute Gasteiger partial charge is 0.324 e. The number of imidazole rings is 1. The van der Waals surface area contributed by atoms with Crippen LogP contribution in [0.3, 0.4) is 0 Å². The highest BCUT2D eigenvalue weighted by Gasteiger charge is 2.19. The highest BCUT2D eigenvalue weighted by atomic mass is 16.2. The molecular weight excluding hydrogens is 268 g/mol. The van der Waals surface area contributed by atoms with Crippen molar-refractivity contribution in [3.05, 3.63) is 27.2 Å². The number of hydrogen-bond donors (Lipinski definition) is 0. The summed E-state index contributed by atoms with van der Waals surface area (Å²) in [5.41, 5.74) is 0.435. The highest BCUT2D eigenvalue weighted by molar-refractivity contribution is 5.70. The molecule has 0 saturated carbocycles. The molecule has 0 atom stereocenters. The van der Waals surface area contributed by atoms with Crippen molar-refractivity contribution < 1.29 is 0 Å². The van der Waals surface area contributed by atoms with Gasteiger partial charge in [-0.05, 0) is 11.3 Å². The van der Waals surface area contributed by atoms with Crippen LogP contribution in [0.5, 0.6) is 0 Å². The number of aromatic nitrogens is 4. The van der Waals surface area contributed by atoms with Crippen LogP contribution in [-0.4, -0.2) is 18.7 Å². The van der Waals surface area contributed by atoms with Gasteiger partial charge in [0.1, 0.15) is 0 Å². The molecule has 0 aliphatic rings. The Morgan fingerprint density at radius 3 is 2.38 bits per heavy atom. The van der Waals surface area contributed by atoms with Gasteiger partial charge in [0, 0.05) is 20.1 Å². The van der Waals surface area contributed by atoms with Crippen LogP contribution in [0.15, 0.2) is 15.9 Å². The van der Waals surface area contributed by atoms with Crippen LogP contribution >= 0.6 is 0 Å². The zero-order chi connectivity index (χ0) is 15.9. The number of fused-ring (bicyclic) bond motifs is 1. The molecule has 2 aromatic rings. The zero-order valence-electron chi connectivity index (χ0n) is 13.7. The van der Waals surface area contributed by atoms with E-state index < -0.39 is 0 Å². The summed E-state index contributed by atoms with van der Waals surface area (Å²) in [5.74, 6) is 0.302. The monoisotopic (exact) mass is 292 g/mol. The van der Waals surface area contributed by atoms with Crippen molar-refractivity contribution in [2.75, 3.05) is 0 Å². The van der Waals surface area contributed by atoms with E-state index in [0.717, 1.165) is 0 Å². The minimum atomic E-state index is -0.304. The van der Waals surface area contributed by atoms with Gasteiger partial charge in [-0.2, -0.15) is 0 Å². The fourth-order valence-corrected chi connectivity index (χ4v) is 2.47.